The number of fused-ring (bicyclic) bond motifs is 15. The Hall–Kier alpha value is -7.66. The van der Waals surface area contributed by atoms with Gasteiger partial charge in [-0.05, 0) is 116 Å². The van der Waals surface area contributed by atoms with Crippen LogP contribution in [0.25, 0.3) is 44.5 Å². The highest BCUT2D eigenvalue weighted by Gasteiger charge is 2.56. The van der Waals surface area contributed by atoms with Crippen molar-refractivity contribution in [1.29, 1.82) is 0 Å². The lowest BCUT2D eigenvalue weighted by atomic mass is 9.36. The molecule has 0 atom stereocenters. The minimum Gasteiger partial charge on any atom is -0.311 e. The second-order valence-corrected chi connectivity index (χ2v) is 18.6. The largest absolute Gasteiger partial charge is 0.311 e. The molecule has 0 unspecified atom stereocenters. The van der Waals surface area contributed by atoms with Gasteiger partial charge in [-0.3, -0.25) is 0 Å². The quantitative estimate of drug-likeness (QED) is 0.163. The number of aryl methyl sites for hydroxylation is 1. The Morgan fingerprint density at radius 3 is 1.66 bits per heavy atom. The highest BCUT2D eigenvalue weighted by molar-refractivity contribution is 7.30. The maximum Gasteiger partial charge on any atom is 0.264 e. The number of hydrogen-bond acceptors (Lipinski definition) is 3. The van der Waals surface area contributed by atoms with Crippen LogP contribution in [0.3, 0.4) is 0 Å². The Kier molecular flexibility index (Phi) is 7.53. The van der Waals surface area contributed by atoms with E-state index in [1.165, 1.54) is 116 Å². The molecule has 0 bridgehead atoms. The first-order valence-corrected chi connectivity index (χ1v) is 23.1. The molecule has 4 heteroatoms. The molecule has 2 aliphatic heterocycles. The standard InChI is InChI=1S/C60H39BN2S/c1-38-32-34-43(47(36-38)39-18-5-2-6-19-39)40-33-35-51-54(37-40)62(41-20-7-3-8-21-41)52-30-17-31-53-56(52)61(51)59-57(63(53)42-22-9-4-10-23-42)55-46-26-13-16-29-50(46)60(58(55)64-59)48-27-14-11-24-44(48)45-25-12-15-28-49(45)60/h2-37H,1H3. The van der Waals surface area contributed by atoms with E-state index in [9.17, 15) is 0 Å². The summed E-state index contributed by atoms with van der Waals surface area (Å²) in [5, 5.41) is 0. The first kappa shape index (κ1) is 35.9. The van der Waals surface area contributed by atoms with Crippen LogP contribution in [-0.2, 0) is 5.41 Å². The number of rotatable bonds is 4. The van der Waals surface area contributed by atoms with Crippen LogP contribution >= 0.6 is 11.3 Å². The second kappa shape index (κ2) is 13.4. The lowest BCUT2D eigenvalue weighted by Crippen LogP contribution is -2.60. The van der Waals surface area contributed by atoms with Gasteiger partial charge in [0.15, 0.2) is 0 Å². The molecule has 0 radical (unpaired) electrons. The van der Waals surface area contributed by atoms with Gasteiger partial charge in [-0.2, -0.15) is 0 Å². The van der Waals surface area contributed by atoms with Crippen molar-refractivity contribution in [3.63, 3.8) is 0 Å². The molecule has 4 aliphatic rings. The lowest BCUT2D eigenvalue weighted by Gasteiger charge is -2.43. The second-order valence-electron chi connectivity index (χ2n) is 17.6. The number of thiophene rings is 1. The average Bonchev–Trinajstić information content (AvgIpc) is 3.99. The summed E-state index contributed by atoms with van der Waals surface area (Å²) in [5.74, 6) is 0. The van der Waals surface area contributed by atoms with E-state index in [2.05, 4.69) is 235 Å². The minimum absolute atomic E-state index is 0.00323. The van der Waals surface area contributed by atoms with E-state index >= 15 is 0 Å². The number of para-hydroxylation sites is 2. The summed E-state index contributed by atoms with van der Waals surface area (Å²) in [4.78, 5) is 6.55. The van der Waals surface area contributed by atoms with E-state index in [0.717, 1.165) is 5.69 Å². The Bertz CT molecular complexity index is 3490. The summed E-state index contributed by atoms with van der Waals surface area (Å²) in [5.41, 5.74) is 25.2. The van der Waals surface area contributed by atoms with Crippen molar-refractivity contribution in [1.82, 2.24) is 0 Å². The molecule has 0 amide bonds. The van der Waals surface area contributed by atoms with Gasteiger partial charge in [-0.15, -0.1) is 11.3 Å². The molecular weight excluding hydrogens is 792 g/mol. The van der Waals surface area contributed by atoms with Gasteiger partial charge < -0.3 is 9.80 Å². The van der Waals surface area contributed by atoms with Gasteiger partial charge in [0.2, 0.25) is 0 Å². The molecule has 10 aromatic rings. The van der Waals surface area contributed by atoms with Gasteiger partial charge in [0.25, 0.3) is 6.71 Å². The molecule has 2 nitrogen and oxygen atoms in total. The van der Waals surface area contributed by atoms with Crippen molar-refractivity contribution in [3.8, 4) is 44.5 Å². The van der Waals surface area contributed by atoms with Crippen molar-refractivity contribution in [2.45, 2.75) is 12.3 Å². The summed E-state index contributed by atoms with van der Waals surface area (Å²) in [6.07, 6.45) is 0. The molecule has 64 heavy (non-hydrogen) atoms. The van der Waals surface area contributed by atoms with Crippen LogP contribution in [0.5, 0.6) is 0 Å². The summed E-state index contributed by atoms with van der Waals surface area (Å²) in [6.45, 7) is 2.20. The third-order valence-corrected chi connectivity index (χ3v) is 15.7. The Morgan fingerprint density at radius 2 is 0.984 bits per heavy atom. The third kappa shape index (κ3) is 4.70. The van der Waals surface area contributed by atoms with Crippen LogP contribution in [0, 0.1) is 6.92 Å². The summed E-state index contributed by atoms with van der Waals surface area (Å²) in [6, 6.07) is 81.7. The van der Waals surface area contributed by atoms with Crippen LogP contribution in [-0.4, -0.2) is 6.71 Å². The first-order chi connectivity index (χ1) is 31.7. The summed E-state index contributed by atoms with van der Waals surface area (Å²) < 4.78 is 1.39. The fourth-order valence-corrected chi connectivity index (χ4v) is 13.5. The van der Waals surface area contributed by atoms with Gasteiger partial charge in [-0.25, -0.2) is 0 Å². The van der Waals surface area contributed by atoms with Gasteiger partial charge in [0.1, 0.15) is 0 Å². The Labute approximate surface area is 378 Å². The SMILES string of the molecule is Cc1ccc(-c2ccc3c(c2)N(c2ccccc2)c2cccc4c2B3c2sc3c(c2N4c2ccccc2)-c2ccccc2C32c3ccccc3-c3ccccc32)c(-c2ccccc2)c1. The van der Waals surface area contributed by atoms with Gasteiger partial charge in [0, 0.05) is 43.7 Å². The molecule has 0 saturated carbocycles. The monoisotopic (exact) mass is 830 g/mol. The van der Waals surface area contributed by atoms with E-state index in [-0.39, 0.29) is 6.71 Å². The summed E-state index contributed by atoms with van der Waals surface area (Å²) >= 11 is 2.04. The number of anilines is 6. The van der Waals surface area contributed by atoms with E-state index in [1.807, 2.05) is 11.3 Å². The number of hydrogen-bond donors (Lipinski definition) is 0. The maximum atomic E-state index is 2.60. The lowest BCUT2D eigenvalue weighted by molar-refractivity contribution is 0.811. The molecule has 3 heterocycles. The number of nitrogens with zero attached hydrogens (tertiary/aromatic N) is 2. The molecule has 0 fully saturated rings. The molecule has 9 aromatic carbocycles. The molecule has 2 aliphatic carbocycles. The molecule has 0 saturated heterocycles. The maximum absolute atomic E-state index is 2.60. The smallest absolute Gasteiger partial charge is 0.264 e. The predicted octanol–water partition coefficient (Wildman–Crippen LogP) is 13.8. The van der Waals surface area contributed by atoms with Crippen LogP contribution in [0.1, 0.15) is 27.1 Å². The van der Waals surface area contributed by atoms with Crippen molar-refractivity contribution < 1.29 is 0 Å². The van der Waals surface area contributed by atoms with Crippen molar-refractivity contribution in [2.75, 3.05) is 9.80 Å². The van der Waals surface area contributed by atoms with Crippen molar-refractivity contribution >= 4 is 67.9 Å². The zero-order valence-electron chi connectivity index (χ0n) is 35.2. The highest BCUT2D eigenvalue weighted by Crippen LogP contribution is 2.66. The molecule has 0 N–H and O–H groups in total. The fraction of sp³-hybridized carbons (Fsp3) is 0.0333. The minimum atomic E-state index is -0.435. The third-order valence-electron chi connectivity index (χ3n) is 14.3. The van der Waals surface area contributed by atoms with Crippen LogP contribution in [0.15, 0.2) is 218 Å². The first-order valence-electron chi connectivity index (χ1n) is 22.3. The topological polar surface area (TPSA) is 6.48 Å². The van der Waals surface area contributed by atoms with E-state index in [1.54, 1.807) is 0 Å². The molecule has 298 valence electrons. The van der Waals surface area contributed by atoms with Crippen LogP contribution in [0.4, 0.5) is 34.1 Å². The van der Waals surface area contributed by atoms with Crippen molar-refractivity contribution in [2.24, 2.45) is 0 Å². The van der Waals surface area contributed by atoms with Crippen LogP contribution in [0.2, 0.25) is 0 Å². The zero-order valence-corrected chi connectivity index (χ0v) is 36.0. The predicted molar refractivity (Wildman–Crippen MR) is 270 cm³/mol. The van der Waals surface area contributed by atoms with Gasteiger partial charge in [0.05, 0.1) is 11.1 Å². The van der Waals surface area contributed by atoms with E-state index in [4.69, 9.17) is 0 Å². The average molecular weight is 831 g/mol. The molecule has 1 aromatic heterocycles. The van der Waals surface area contributed by atoms with Gasteiger partial charge in [-0.1, -0.05) is 181 Å². The summed E-state index contributed by atoms with van der Waals surface area (Å²) in [7, 11) is 0. The van der Waals surface area contributed by atoms with Crippen molar-refractivity contribution in [3.05, 3.63) is 246 Å². The normalized spacial score (nSPS) is 14.0. The zero-order chi connectivity index (χ0) is 42.1. The Morgan fingerprint density at radius 1 is 0.422 bits per heavy atom. The van der Waals surface area contributed by atoms with Gasteiger partial charge >= 0.3 is 0 Å². The van der Waals surface area contributed by atoms with Crippen LogP contribution < -0.4 is 25.5 Å². The molecule has 14 rings (SSSR count). The number of benzene rings is 9. The van der Waals surface area contributed by atoms with E-state index < -0.39 is 5.41 Å². The molecule has 1 spiro atoms. The fourth-order valence-electron chi connectivity index (χ4n) is 11.8. The Balaban J connectivity index is 1.09. The van der Waals surface area contributed by atoms with E-state index in [0.29, 0.717) is 0 Å². The highest BCUT2D eigenvalue weighted by atomic mass is 32.1. The molecular formula is C60H39BN2S.